The quantitative estimate of drug-likeness (QED) is 0.641. The summed E-state index contributed by atoms with van der Waals surface area (Å²) < 4.78 is 1.38. The Balaban J connectivity index is 0.000000921. The second-order valence-electron chi connectivity index (χ2n) is 2.59. The van der Waals surface area contributed by atoms with Crippen LogP contribution in [0.5, 0.6) is 0 Å². The Bertz CT molecular complexity index is 358. The van der Waals surface area contributed by atoms with E-state index in [1.165, 1.54) is 16.8 Å². The molecule has 0 aliphatic rings. The first kappa shape index (κ1) is 13.7. The van der Waals surface area contributed by atoms with Crippen LogP contribution in [0.2, 0.25) is 0 Å². The lowest BCUT2D eigenvalue weighted by molar-refractivity contribution is 0.0686. The van der Waals surface area contributed by atoms with Crippen LogP contribution in [0.15, 0.2) is 12.3 Å². The fraction of sp³-hybridized carbons (Fsp3) is 0.400. The number of aromatic carboxylic acids is 1. The number of carboxylic acid groups (broad SMARTS) is 1. The van der Waals surface area contributed by atoms with E-state index in [1.54, 1.807) is 7.05 Å². The molecule has 0 aliphatic carbocycles. The maximum Gasteiger partial charge on any atom is 0.352 e. The number of alkyl halides is 1. The molecule has 0 unspecified atom stereocenters. The minimum atomic E-state index is -1.06. The van der Waals surface area contributed by atoms with Gasteiger partial charge in [0.1, 0.15) is 5.69 Å². The van der Waals surface area contributed by atoms with Crippen LogP contribution in [0.1, 0.15) is 34.7 Å². The fourth-order valence-electron chi connectivity index (χ4n) is 1.01. The van der Waals surface area contributed by atoms with Crippen molar-refractivity contribution in [1.82, 2.24) is 4.57 Å². The zero-order valence-electron chi connectivity index (χ0n) is 8.95. The molecule has 0 atom stereocenters. The number of aryl methyl sites for hydroxylation is 1. The van der Waals surface area contributed by atoms with Gasteiger partial charge in [-0.3, -0.25) is 4.79 Å². The highest BCUT2D eigenvalue weighted by molar-refractivity contribution is 6.30. The smallest absolute Gasteiger partial charge is 0.352 e. The first-order valence-corrected chi connectivity index (χ1v) is 5.08. The van der Waals surface area contributed by atoms with Crippen molar-refractivity contribution in [2.75, 3.05) is 5.88 Å². The van der Waals surface area contributed by atoms with Gasteiger partial charge in [0, 0.05) is 18.8 Å². The van der Waals surface area contributed by atoms with E-state index in [0.29, 0.717) is 5.56 Å². The monoisotopic (exact) mass is 231 g/mol. The Hall–Kier alpha value is -1.29. The third-order valence-electron chi connectivity index (χ3n) is 1.67. The van der Waals surface area contributed by atoms with E-state index >= 15 is 0 Å². The van der Waals surface area contributed by atoms with Crippen molar-refractivity contribution < 1.29 is 14.7 Å². The molecule has 15 heavy (non-hydrogen) atoms. The molecule has 0 aromatic carbocycles. The number of carboxylic acids is 1. The molecule has 0 saturated heterocycles. The molecule has 0 aliphatic heterocycles. The Kier molecular flexibility index (Phi) is 5.70. The normalized spacial score (nSPS) is 9.07. The van der Waals surface area contributed by atoms with Gasteiger partial charge in [-0.1, -0.05) is 13.8 Å². The van der Waals surface area contributed by atoms with Gasteiger partial charge in [-0.2, -0.15) is 0 Å². The molecule has 0 spiro atoms. The van der Waals surface area contributed by atoms with Gasteiger partial charge in [0.25, 0.3) is 0 Å². The Morgan fingerprint density at radius 1 is 1.47 bits per heavy atom. The number of aromatic nitrogens is 1. The predicted molar refractivity (Wildman–Crippen MR) is 58.8 cm³/mol. The van der Waals surface area contributed by atoms with Crippen LogP contribution < -0.4 is 0 Å². The molecule has 1 aromatic rings. The van der Waals surface area contributed by atoms with Crippen molar-refractivity contribution in [3.8, 4) is 0 Å². The van der Waals surface area contributed by atoms with Gasteiger partial charge in [-0.05, 0) is 6.07 Å². The zero-order valence-corrected chi connectivity index (χ0v) is 9.71. The molecular weight excluding hydrogens is 218 g/mol. The van der Waals surface area contributed by atoms with Gasteiger partial charge in [0.15, 0.2) is 5.78 Å². The predicted octanol–water partition coefficient (Wildman–Crippen LogP) is 2.17. The second-order valence-corrected chi connectivity index (χ2v) is 2.85. The minimum absolute atomic E-state index is 0.0773. The number of nitrogens with zero attached hydrogens (tertiary/aromatic N) is 1. The Morgan fingerprint density at radius 3 is 2.33 bits per heavy atom. The van der Waals surface area contributed by atoms with Crippen molar-refractivity contribution >= 4 is 23.4 Å². The van der Waals surface area contributed by atoms with Crippen LogP contribution in [0, 0.1) is 0 Å². The first-order chi connectivity index (χ1) is 7.06. The lowest BCUT2D eigenvalue weighted by atomic mass is 10.2. The molecule has 1 rings (SSSR count). The number of Topliss-reactive ketones (excluding diaryl/α,β-unsaturated/α-hetero) is 1. The highest BCUT2D eigenvalue weighted by atomic mass is 35.5. The topological polar surface area (TPSA) is 59.3 Å². The standard InChI is InChI=1S/C8H8ClNO3.C2H6/c1-10-4-5(7(11)3-9)2-6(10)8(12)13;1-2/h2,4H,3H2,1H3,(H,12,13);1-2H3. The maximum absolute atomic E-state index is 11.1. The summed E-state index contributed by atoms with van der Waals surface area (Å²) in [5.41, 5.74) is 0.406. The second kappa shape index (κ2) is 6.24. The van der Waals surface area contributed by atoms with E-state index in [9.17, 15) is 9.59 Å². The van der Waals surface area contributed by atoms with E-state index in [4.69, 9.17) is 16.7 Å². The van der Waals surface area contributed by atoms with Crippen LogP contribution >= 0.6 is 11.6 Å². The van der Waals surface area contributed by atoms with Crippen LogP contribution in [0.4, 0.5) is 0 Å². The van der Waals surface area contributed by atoms with Crippen LogP contribution in [-0.4, -0.2) is 27.3 Å². The van der Waals surface area contributed by atoms with Gasteiger partial charge in [-0.15, -0.1) is 11.6 Å². The molecule has 84 valence electrons. The number of halogens is 1. The summed E-state index contributed by atoms with van der Waals surface area (Å²) in [6, 6.07) is 1.31. The molecule has 1 aromatic heterocycles. The minimum Gasteiger partial charge on any atom is -0.477 e. The molecule has 4 nitrogen and oxygen atoms in total. The molecular formula is C10H14ClNO3. The average Bonchev–Trinajstić information content (AvgIpc) is 2.62. The number of hydrogen-bond donors (Lipinski definition) is 1. The maximum atomic E-state index is 11.1. The van der Waals surface area contributed by atoms with E-state index in [0.717, 1.165) is 0 Å². The molecule has 0 amide bonds. The van der Waals surface area contributed by atoms with Crippen molar-refractivity contribution in [2.24, 2.45) is 7.05 Å². The summed E-state index contributed by atoms with van der Waals surface area (Å²) in [6.45, 7) is 4.00. The van der Waals surface area contributed by atoms with Crippen molar-refractivity contribution in [1.29, 1.82) is 0 Å². The Morgan fingerprint density at radius 2 is 2.00 bits per heavy atom. The molecule has 0 saturated carbocycles. The third-order valence-corrected chi connectivity index (χ3v) is 1.91. The zero-order chi connectivity index (χ0) is 12.0. The summed E-state index contributed by atoms with van der Waals surface area (Å²) >= 11 is 5.32. The largest absolute Gasteiger partial charge is 0.477 e. The van der Waals surface area contributed by atoms with E-state index in [1.807, 2.05) is 13.8 Å². The van der Waals surface area contributed by atoms with Gasteiger partial charge in [-0.25, -0.2) is 4.79 Å². The summed E-state index contributed by atoms with van der Waals surface area (Å²) in [6.07, 6.45) is 1.45. The SMILES string of the molecule is CC.Cn1cc(C(=O)CCl)cc1C(=O)O. The van der Waals surface area contributed by atoms with Gasteiger partial charge < -0.3 is 9.67 Å². The number of carbonyl (C=O) groups excluding carboxylic acids is 1. The van der Waals surface area contributed by atoms with Gasteiger partial charge in [0.2, 0.25) is 0 Å². The number of rotatable bonds is 3. The number of hydrogen-bond acceptors (Lipinski definition) is 2. The Labute approximate surface area is 93.5 Å². The fourth-order valence-corrected chi connectivity index (χ4v) is 1.16. The molecule has 0 bridgehead atoms. The van der Waals surface area contributed by atoms with Crippen molar-refractivity contribution in [3.63, 3.8) is 0 Å². The van der Waals surface area contributed by atoms with Crippen molar-refractivity contribution in [3.05, 3.63) is 23.5 Å². The van der Waals surface area contributed by atoms with Crippen LogP contribution in [0.3, 0.4) is 0 Å². The summed E-state index contributed by atoms with van der Waals surface area (Å²) in [5, 5.41) is 8.67. The average molecular weight is 232 g/mol. The molecule has 1 heterocycles. The molecule has 0 fully saturated rings. The molecule has 0 radical (unpaired) electrons. The van der Waals surface area contributed by atoms with E-state index < -0.39 is 5.97 Å². The lowest BCUT2D eigenvalue weighted by Gasteiger charge is -1.93. The summed E-state index contributed by atoms with van der Waals surface area (Å²) in [4.78, 5) is 21.6. The lowest BCUT2D eigenvalue weighted by Crippen LogP contribution is -2.02. The van der Waals surface area contributed by atoms with Gasteiger partial charge >= 0.3 is 5.97 Å². The first-order valence-electron chi connectivity index (χ1n) is 4.55. The van der Waals surface area contributed by atoms with E-state index in [2.05, 4.69) is 0 Å². The highest BCUT2D eigenvalue weighted by Gasteiger charge is 2.13. The number of carbonyl (C=O) groups is 2. The summed E-state index contributed by atoms with van der Waals surface area (Å²) in [5.74, 6) is -1.47. The third kappa shape index (κ3) is 3.40. The van der Waals surface area contributed by atoms with Crippen LogP contribution in [0.25, 0.3) is 0 Å². The van der Waals surface area contributed by atoms with Crippen LogP contribution in [-0.2, 0) is 7.05 Å². The molecule has 1 N–H and O–H groups in total. The number of ketones is 1. The highest BCUT2D eigenvalue weighted by Crippen LogP contribution is 2.08. The van der Waals surface area contributed by atoms with E-state index in [-0.39, 0.29) is 17.4 Å². The summed E-state index contributed by atoms with van der Waals surface area (Å²) in [7, 11) is 1.56. The molecule has 5 heteroatoms. The van der Waals surface area contributed by atoms with Gasteiger partial charge in [0.05, 0.1) is 5.88 Å². The van der Waals surface area contributed by atoms with Crippen molar-refractivity contribution in [2.45, 2.75) is 13.8 Å².